The van der Waals surface area contributed by atoms with Gasteiger partial charge in [-0.25, -0.2) is 0 Å². The van der Waals surface area contributed by atoms with Crippen LogP contribution in [0.3, 0.4) is 0 Å². The van der Waals surface area contributed by atoms with Crippen LogP contribution in [0.2, 0.25) is 10.0 Å². The smallest absolute Gasteiger partial charge is 0.226 e. The predicted molar refractivity (Wildman–Crippen MR) is 160 cm³/mol. The molecule has 7 heteroatoms. The minimum Gasteiger partial charge on any atom is -0.396 e. The van der Waals surface area contributed by atoms with Gasteiger partial charge < -0.3 is 10.0 Å². The first-order valence-corrected chi connectivity index (χ1v) is 14.8. The number of hydrogen-bond acceptors (Lipinski definition) is 4. The SMILES string of the molecule is C=CC.CCC(CN(C)SC1CC1)N1C(=O)C(CCO)CCC1c1ccc(Cl)cc1.Clc1ccccc1. The van der Waals surface area contributed by atoms with Gasteiger partial charge in [-0.3, -0.25) is 9.10 Å². The Balaban J connectivity index is 0.000000404. The van der Waals surface area contributed by atoms with E-state index in [0.717, 1.165) is 46.7 Å². The summed E-state index contributed by atoms with van der Waals surface area (Å²) in [4.78, 5) is 15.5. The van der Waals surface area contributed by atoms with Crippen molar-refractivity contribution in [3.8, 4) is 0 Å². The van der Waals surface area contributed by atoms with Crippen LogP contribution in [0.5, 0.6) is 0 Å². The van der Waals surface area contributed by atoms with E-state index in [2.05, 4.69) is 41.9 Å². The average Bonchev–Trinajstić information content (AvgIpc) is 3.70. The Morgan fingerprint density at radius 1 is 1.08 bits per heavy atom. The summed E-state index contributed by atoms with van der Waals surface area (Å²) >= 11 is 13.5. The molecule has 1 amide bonds. The van der Waals surface area contributed by atoms with Crippen LogP contribution in [0.25, 0.3) is 0 Å². The monoisotopic (exact) mass is 564 g/mol. The zero-order chi connectivity index (χ0) is 27.2. The highest BCUT2D eigenvalue weighted by Gasteiger charge is 2.39. The van der Waals surface area contributed by atoms with Crippen LogP contribution in [0.4, 0.5) is 0 Å². The predicted octanol–water partition coefficient (Wildman–Crippen LogP) is 8.06. The maximum Gasteiger partial charge on any atom is 0.226 e. The van der Waals surface area contributed by atoms with Gasteiger partial charge in [0.25, 0.3) is 0 Å². The van der Waals surface area contributed by atoms with Gasteiger partial charge >= 0.3 is 0 Å². The number of nitrogens with zero attached hydrogens (tertiary/aromatic N) is 2. The number of hydrogen-bond donors (Lipinski definition) is 1. The lowest BCUT2D eigenvalue weighted by molar-refractivity contribution is -0.146. The van der Waals surface area contributed by atoms with Gasteiger partial charge in [-0.1, -0.05) is 78.5 Å². The lowest BCUT2D eigenvalue weighted by Gasteiger charge is -2.45. The Kier molecular flexibility index (Phi) is 14.7. The van der Waals surface area contributed by atoms with Crippen LogP contribution in [0, 0.1) is 5.92 Å². The second-order valence-electron chi connectivity index (χ2n) is 9.48. The molecule has 1 saturated heterocycles. The molecule has 1 aliphatic heterocycles. The number of piperidine rings is 1. The second kappa shape index (κ2) is 17.2. The van der Waals surface area contributed by atoms with Crippen LogP contribution in [0.1, 0.15) is 64.0 Å². The number of likely N-dealkylation sites (N-methyl/N-ethyl adjacent to an activating group) is 1. The van der Waals surface area contributed by atoms with E-state index in [-0.39, 0.29) is 30.5 Å². The summed E-state index contributed by atoms with van der Waals surface area (Å²) < 4.78 is 2.31. The number of benzene rings is 2. The first-order valence-electron chi connectivity index (χ1n) is 13.2. The van der Waals surface area contributed by atoms with Crippen molar-refractivity contribution in [1.82, 2.24) is 9.21 Å². The van der Waals surface area contributed by atoms with E-state index in [1.165, 1.54) is 12.8 Å². The minimum absolute atomic E-state index is 0.0611. The number of carbonyl (C=O) groups excluding carboxylic acids is 1. The van der Waals surface area contributed by atoms with Gasteiger partial charge in [-0.15, -0.1) is 6.58 Å². The summed E-state index contributed by atoms with van der Waals surface area (Å²) in [7, 11) is 2.14. The highest BCUT2D eigenvalue weighted by atomic mass is 35.5. The molecule has 4 rings (SSSR count). The van der Waals surface area contributed by atoms with Crippen molar-refractivity contribution in [3.63, 3.8) is 0 Å². The van der Waals surface area contributed by atoms with Gasteiger partial charge in [-0.2, -0.15) is 0 Å². The molecule has 0 spiro atoms. The highest BCUT2D eigenvalue weighted by Crippen LogP contribution is 2.39. The minimum atomic E-state index is -0.0611. The number of halogens is 2. The number of likely N-dealkylation sites (tertiary alicyclic amines) is 1. The molecule has 3 unspecified atom stereocenters. The fourth-order valence-corrected chi connectivity index (χ4v) is 5.84. The van der Waals surface area contributed by atoms with E-state index < -0.39 is 0 Å². The lowest BCUT2D eigenvalue weighted by Crippen LogP contribution is -2.51. The van der Waals surface area contributed by atoms with Gasteiger partial charge in [0, 0.05) is 40.4 Å². The van der Waals surface area contributed by atoms with Crippen LogP contribution in [-0.4, -0.2) is 51.7 Å². The Morgan fingerprint density at radius 3 is 2.16 bits per heavy atom. The summed E-state index contributed by atoms with van der Waals surface area (Å²) in [6.07, 6.45) is 7.63. The van der Waals surface area contributed by atoms with Gasteiger partial charge in [-0.05, 0) is 82.3 Å². The molecule has 1 heterocycles. The molecule has 0 bridgehead atoms. The lowest BCUT2D eigenvalue weighted by atomic mass is 9.85. The third-order valence-corrected chi connectivity index (χ3v) is 8.16. The first kappa shape index (κ1) is 31.7. The molecule has 2 fully saturated rings. The average molecular weight is 566 g/mol. The molecule has 2 aliphatic rings. The zero-order valence-corrected chi connectivity index (χ0v) is 24.7. The highest BCUT2D eigenvalue weighted by molar-refractivity contribution is 7.97. The largest absolute Gasteiger partial charge is 0.396 e. The molecule has 2 aromatic rings. The fraction of sp³-hybridized carbons (Fsp3) is 0.500. The number of amides is 1. The number of aliphatic hydroxyl groups excluding tert-OH is 1. The summed E-state index contributed by atoms with van der Waals surface area (Å²) in [5.41, 5.74) is 1.16. The molecule has 1 aliphatic carbocycles. The van der Waals surface area contributed by atoms with Crippen molar-refractivity contribution in [3.05, 3.63) is 82.9 Å². The second-order valence-corrected chi connectivity index (χ2v) is 11.9. The molecule has 1 saturated carbocycles. The molecule has 204 valence electrons. The summed E-state index contributed by atoms with van der Waals surface area (Å²) in [6.45, 7) is 8.37. The molecule has 0 aromatic heterocycles. The molecular weight excluding hydrogens is 523 g/mol. The van der Waals surface area contributed by atoms with Crippen LogP contribution >= 0.6 is 35.1 Å². The Bertz CT molecular complexity index is 925. The molecule has 3 atom stereocenters. The summed E-state index contributed by atoms with van der Waals surface area (Å²) in [5.74, 6) is 0.140. The van der Waals surface area contributed by atoms with Crippen molar-refractivity contribution < 1.29 is 9.90 Å². The Morgan fingerprint density at radius 2 is 1.68 bits per heavy atom. The third kappa shape index (κ3) is 11.0. The molecule has 2 aromatic carbocycles. The van der Waals surface area contributed by atoms with Crippen molar-refractivity contribution in [2.75, 3.05) is 20.2 Å². The Hall–Kier alpha value is -1.50. The molecule has 37 heavy (non-hydrogen) atoms. The van der Waals surface area contributed by atoms with Crippen LogP contribution in [-0.2, 0) is 4.79 Å². The number of allylic oxidation sites excluding steroid dienone is 1. The van der Waals surface area contributed by atoms with E-state index >= 15 is 0 Å². The quantitative estimate of drug-likeness (QED) is 0.247. The van der Waals surface area contributed by atoms with Gasteiger partial charge in [0.15, 0.2) is 0 Å². The molecule has 1 N–H and O–H groups in total. The third-order valence-electron chi connectivity index (χ3n) is 6.38. The summed E-state index contributed by atoms with van der Waals surface area (Å²) in [5, 5.41) is 11.7. The number of rotatable bonds is 9. The van der Waals surface area contributed by atoms with Crippen molar-refractivity contribution in [1.29, 1.82) is 0 Å². The van der Waals surface area contributed by atoms with Gasteiger partial charge in [0.2, 0.25) is 5.91 Å². The first-order chi connectivity index (χ1) is 17.8. The zero-order valence-electron chi connectivity index (χ0n) is 22.4. The van der Waals surface area contributed by atoms with Crippen LogP contribution < -0.4 is 0 Å². The van der Waals surface area contributed by atoms with Crippen molar-refractivity contribution in [2.45, 2.75) is 69.7 Å². The van der Waals surface area contributed by atoms with E-state index in [1.54, 1.807) is 6.08 Å². The Labute approximate surface area is 238 Å². The van der Waals surface area contributed by atoms with E-state index in [9.17, 15) is 9.90 Å². The van der Waals surface area contributed by atoms with Crippen molar-refractivity contribution >= 4 is 41.1 Å². The van der Waals surface area contributed by atoms with Gasteiger partial charge in [0.1, 0.15) is 0 Å². The van der Waals surface area contributed by atoms with E-state index in [4.69, 9.17) is 23.2 Å². The maximum absolute atomic E-state index is 13.3. The van der Waals surface area contributed by atoms with E-state index in [0.29, 0.717) is 6.42 Å². The van der Waals surface area contributed by atoms with Crippen LogP contribution in [0.15, 0.2) is 67.3 Å². The number of aliphatic hydroxyl groups is 1. The molecule has 0 radical (unpaired) electrons. The standard InChI is InChI=1S/C21H31ClN2O2S.C6H5Cl.C3H6/c1-3-18(14-23(2)27-19-9-10-19)24-20(15-4-7-17(22)8-5-15)11-6-16(12-13-25)21(24)26;7-6-4-2-1-3-5-6;1-3-2/h4-5,7-8,16,18-20,25H,3,6,9-14H2,1-2H3;1-5H;3H,1H2,2H3. The van der Waals surface area contributed by atoms with E-state index in [1.807, 2.05) is 61.3 Å². The topological polar surface area (TPSA) is 43.8 Å². The fourth-order valence-electron chi connectivity index (χ4n) is 4.45. The van der Waals surface area contributed by atoms with Gasteiger partial charge in [0.05, 0.1) is 6.04 Å². The normalized spacial score (nSPS) is 19.9. The number of carbonyl (C=O) groups is 1. The maximum atomic E-state index is 13.3. The summed E-state index contributed by atoms with van der Waals surface area (Å²) in [6, 6.07) is 17.6. The molecule has 4 nitrogen and oxygen atoms in total. The molecular formula is C30H42Cl2N2O2S. The van der Waals surface area contributed by atoms with Crippen molar-refractivity contribution in [2.24, 2.45) is 5.92 Å².